The first-order valence-corrected chi connectivity index (χ1v) is 9.00. The van der Waals surface area contributed by atoms with Gasteiger partial charge in [0, 0.05) is 13.1 Å². The number of alkyl halides is 3. The highest BCUT2D eigenvalue weighted by Gasteiger charge is 2.39. The summed E-state index contributed by atoms with van der Waals surface area (Å²) in [6.45, 7) is 6.17. The smallest absolute Gasteiger partial charge is 0.341 e. The normalized spacial score (nSPS) is 16.6. The number of fused-ring (bicyclic) bond motifs is 1. The van der Waals surface area contributed by atoms with Crippen LogP contribution in [0, 0.1) is 13.8 Å². The van der Waals surface area contributed by atoms with Crippen LogP contribution in [-0.4, -0.2) is 33.4 Å². The van der Waals surface area contributed by atoms with Crippen LogP contribution < -0.4 is 5.56 Å². The van der Waals surface area contributed by atoms with Crippen molar-refractivity contribution in [3.63, 3.8) is 0 Å². The van der Waals surface area contributed by atoms with Gasteiger partial charge in [0.25, 0.3) is 5.56 Å². The molecule has 146 valence electrons. The molecule has 1 amide bonds. The van der Waals surface area contributed by atoms with E-state index in [2.05, 4.69) is 4.98 Å². The number of amides is 1. The molecule has 0 N–H and O–H groups in total. The molecule has 8 heteroatoms. The van der Waals surface area contributed by atoms with Gasteiger partial charge in [-0.2, -0.15) is 13.2 Å². The second kappa shape index (κ2) is 6.98. The number of hydrogen-bond acceptors (Lipinski definition) is 3. The van der Waals surface area contributed by atoms with Crippen LogP contribution in [0.1, 0.15) is 49.0 Å². The monoisotopic (exact) mass is 381 g/mol. The van der Waals surface area contributed by atoms with Gasteiger partial charge >= 0.3 is 6.18 Å². The summed E-state index contributed by atoms with van der Waals surface area (Å²) in [4.78, 5) is 30.7. The maximum Gasteiger partial charge on any atom is 0.438 e. The lowest BCUT2D eigenvalue weighted by molar-refractivity contribution is -0.143. The molecular formula is C19H22F3N3O2. The fraction of sp³-hybridized carbons (Fsp3) is 0.526. The standard InChI is InChI=1S/C19H22F3N3O2/c1-11-9-14-15(10-12(11)2)25(18(27)16(23-14)19(20,21)22)13(3)17(26)24-7-5-4-6-8-24/h9-10,13H,4-8H2,1-3H3/t13-/m1/s1. The highest BCUT2D eigenvalue weighted by Crippen LogP contribution is 2.29. The molecule has 27 heavy (non-hydrogen) atoms. The van der Waals surface area contributed by atoms with Crippen molar-refractivity contribution in [3.05, 3.63) is 39.3 Å². The summed E-state index contributed by atoms with van der Waals surface area (Å²) in [6.07, 6.45) is -2.15. The molecule has 0 aliphatic carbocycles. The first-order chi connectivity index (χ1) is 12.6. The van der Waals surface area contributed by atoms with Gasteiger partial charge in [0.1, 0.15) is 6.04 Å². The van der Waals surface area contributed by atoms with Gasteiger partial charge in [0.2, 0.25) is 11.6 Å². The van der Waals surface area contributed by atoms with Crippen LogP contribution in [0.15, 0.2) is 16.9 Å². The topological polar surface area (TPSA) is 55.2 Å². The van der Waals surface area contributed by atoms with Gasteiger partial charge in [-0.15, -0.1) is 0 Å². The maximum atomic E-state index is 13.4. The molecule has 1 aliphatic rings. The second-order valence-electron chi connectivity index (χ2n) is 7.12. The van der Waals surface area contributed by atoms with Gasteiger partial charge in [-0.3, -0.25) is 14.2 Å². The highest BCUT2D eigenvalue weighted by atomic mass is 19.4. The zero-order chi connectivity index (χ0) is 19.9. The van der Waals surface area contributed by atoms with Crippen LogP contribution in [0.2, 0.25) is 0 Å². The molecule has 1 aliphatic heterocycles. The number of rotatable bonds is 2. The fourth-order valence-electron chi connectivity index (χ4n) is 3.52. The van der Waals surface area contributed by atoms with Gasteiger partial charge < -0.3 is 4.90 Å². The Morgan fingerprint density at radius 2 is 1.70 bits per heavy atom. The molecule has 5 nitrogen and oxygen atoms in total. The minimum Gasteiger partial charge on any atom is -0.341 e. The summed E-state index contributed by atoms with van der Waals surface area (Å²) in [5.41, 5.74) is -0.886. The van der Waals surface area contributed by atoms with Crippen molar-refractivity contribution in [1.29, 1.82) is 0 Å². The lowest BCUT2D eigenvalue weighted by atomic mass is 10.1. The summed E-state index contributed by atoms with van der Waals surface area (Å²) in [5.74, 6) is -0.337. The van der Waals surface area contributed by atoms with Crippen LogP contribution >= 0.6 is 0 Å². The van der Waals surface area contributed by atoms with Crippen molar-refractivity contribution in [2.45, 2.75) is 52.3 Å². The van der Waals surface area contributed by atoms with Gasteiger partial charge in [-0.25, -0.2) is 4.98 Å². The molecule has 0 unspecified atom stereocenters. The minimum absolute atomic E-state index is 0.0586. The number of benzene rings is 1. The Kier molecular flexibility index (Phi) is 5.01. The van der Waals surface area contributed by atoms with Crippen molar-refractivity contribution >= 4 is 16.9 Å². The predicted molar refractivity (Wildman–Crippen MR) is 95.6 cm³/mol. The fourth-order valence-corrected chi connectivity index (χ4v) is 3.52. The lowest BCUT2D eigenvalue weighted by Crippen LogP contribution is -2.43. The number of aromatic nitrogens is 2. The summed E-state index contributed by atoms with van der Waals surface area (Å²) in [5, 5.41) is 0. The number of carbonyl (C=O) groups excluding carboxylic acids is 1. The number of halogens is 3. The number of likely N-dealkylation sites (tertiary alicyclic amines) is 1. The molecule has 1 aromatic carbocycles. The predicted octanol–water partition coefficient (Wildman–Crippen LogP) is 3.61. The average molecular weight is 381 g/mol. The lowest BCUT2D eigenvalue weighted by Gasteiger charge is -2.30. The van der Waals surface area contributed by atoms with Gasteiger partial charge in [-0.1, -0.05) is 0 Å². The van der Waals surface area contributed by atoms with Crippen molar-refractivity contribution in [2.75, 3.05) is 13.1 Å². The van der Waals surface area contributed by atoms with E-state index in [4.69, 9.17) is 0 Å². The Bertz CT molecular complexity index is 944. The number of hydrogen-bond donors (Lipinski definition) is 0. The van der Waals surface area contributed by atoms with E-state index in [9.17, 15) is 22.8 Å². The van der Waals surface area contributed by atoms with Crippen molar-refractivity contribution < 1.29 is 18.0 Å². The number of nitrogens with zero attached hydrogens (tertiary/aromatic N) is 3. The molecule has 2 aromatic rings. The number of piperidine rings is 1. The Morgan fingerprint density at radius 3 is 2.30 bits per heavy atom. The Morgan fingerprint density at radius 1 is 1.11 bits per heavy atom. The molecule has 1 saturated heterocycles. The van der Waals surface area contributed by atoms with Crippen molar-refractivity contribution in [3.8, 4) is 0 Å². The zero-order valence-electron chi connectivity index (χ0n) is 15.6. The quantitative estimate of drug-likeness (QED) is 0.799. The zero-order valence-corrected chi connectivity index (χ0v) is 15.6. The van der Waals surface area contributed by atoms with E-state index in [0.29, 0.717) is 13.1 Å². The van der Waals surface area contributed by atoms with E-state index in [1.165, 1.54) is 13.0 Å². The van der Waals surface area contributed by atoms with Crippen molar-refractivity contribution in [2.24, 2.45) is 0 Å². The second-order valence-corrected chi connectivity index (χ2v) is 7.12. The summed E-state index contributed by atoms with van der Waals surface area (Å²) in [7, 11) is 0. The third kappa shape index (κ3) is 3.57. The van der Waals surface area contributed by atoms with E-state index in [-0.39, 0.29) is 16.9 Å². The minimum atomic E-state index is -4.89. The summed E-state index contributed by atoms with van der Waals surface area (Å²) in [6, 6.07) is 2.11. The van der Waals surface area contributed by atoms with E-state index >= 15 is 0 Å². The third-order valence-corrected chi connectivity index (χ3v) is 5.18. The van der Waals surface area contributed by atoms with Crippen LogP contribution in [0.4, 0.5) is 13.2 Å². The Balaban J connectivity index is 2.22. The Hall–Kier alpha value is -2.38. The summed E-state index contributed by atoms with van der Waals surface area (Å²) >= 11 is 0. The molecule has 3 rings (SSSR count). The molecule has 0 radical (unpaired) electrons. The molecule has 2 heterocycles. The van der Waals surface area contributed by atoms with Crippen LogP contribution in [-0.2, 0) is 11.0 Å². The molecule has 0 bridgehead atoms. The SMILES string of the molecule is Cc1cc2nc(C(F)(F)F)c(=O)n([C@H](C)C(=O)N3CCCCC3)c2cc1C. The van der Waals surface area contributed by atoms with E-state index in [1.807, 2.05) is 0 Å². The first-order valence-electron chi connectivity index (χ1n) is 9.00. The molecule has 1 aromatic heterocycles. The van der Waals surface area contributed by atoms with Gasteiger partial charge in [0.15, 0.2) is 0 Å². The maximum absolute atomic E-state index is 13.4. The van der Waals surface area contributed by atoms with Crippen LogP contribution in [0.25, 0.3) is 11.0 Å². The molecule has 1 atom stereocenters. The van der Waals surface area contributed by atoms with Gasteiger partial charge in [0.05, 0.1) is 11.0 Å². The third-order valence-electron chi connectivity index (χ3n) is 5.18. The largest absolute Gasteiger partial charge is 0.438 e. The Labute approximate surface area is 154 Å². The van der Waals surface area contributed by atoms with Crippen molar-refractivity contribution in [1.82, 2.24) is 14.5 Å². The average Bonchev–Trinajstić information content (AvgIpc) is 2.61. The van der Waals surface area contributed by atoms with Crippen LogP contribution in [0.5, 0.6) is 0 Å². The number of carbonyl (C=O) groups is 1. The number of aryl methyl sites for hydroxylation is 2. The van der Waals surface area contributed by atoms with E-state index in [1.54, 1.807) is 24.8 Å². The van der Waals surface area contributed by atoms with E-state index in [0.717, 1.165) is 35.0 Å². The first kappa shape index (κ1) is 19.4. The van der Waals surface area contributed by atoms with E-state index < -0.39 is 23.5 Å². The summed E-state index contributed by atoms with van der Waals surface area (Å²) < 4.78 is 41.1. The molecular weight excluding hydrogens is 359 g/mol. The van der Waals surface area contributed by atoms with Gasteiger partial charge in [-0.05, 0) is 63.3 Å². The molecule has 1 fully saturated rings. The van der Waals surface area contributed by atoms with Crippen LogP contribution in [0.3, 0.4) is 0 Å². The molecule has 0 spiro atoms. The highest BCUT2D eigenvalue weighted by molar-refractivity contribution is 5.84. The molecule has 0 saturated carbocycles.